The van der Waals surface area contributed by atoms with Gasteiger partial charge in [0.25, 0.3) is 0 Å². The Morgan fingerprint density at radius 1 is 0.674 bits per heavy atom. The van der Waals surface area contributed by atoms with E-state index in [-0.39, 0.29) is 42.1 Å². The van der Waals surface area contributed by atoms with Gasteiger partial charge in [-0.1, -0.05) is 89.2 Å². The van der Waals surface area contributed by atoms with Crippen molar-refractivity contribution >= 4 is 28.9 Å². The summed E-state index contributed by atoms with van der Waals surface area (Å²) in [5, 5.41) is 25.4. The van der Waals surface area contributed by atoms with Crippen molar-refractivity contribution in [2.75, 3.05) is 0 Å². The molecule has 0 radical (unpaired) electrons. The molecule has 0 aliphatic heterocycles. The Bertz CT molecular complexity index is 1450. The molecule has 0 fully saturated rings. The highest BCUT2D eigenvalue weighted by Gasteiger charge is 2.28. The number of carbonyl (C=O) groups is 3. The molecule has 0 unspecified atom stereocenters. The van der Waals surface area contributed by atoms with Crippen molar-refractivity contribution < 1.29 is 29.3 Å². The van der Waals surface area contributed by atoms with Crippen molar-refractivity contribution in [3.05, 3.63) is 95.6 Å². The highest BCUT2D eigenvalue weighted by Crippen LogP contribution is 2.34. The molecule has 3 rings (SSSR count). The molecule has 246 valence electrons. The fourth-order valence-electron chi connectivity index (χ4n) is 5.43. The molecule has 46 heavy (non-hydrogen) atoms. The van der Waals surface area contributed by atoms with E-state index >= 15 is 0 Å². The van der Waals surface area contributed by atoms with Crippen molar-refractivity contribution in [2.45, 2.75) is 85.4 Å². The minimum Gasteiger partial charge on any atom is -0.508 e. The number of hydrogen-bond donors (Lipinski definition) is 4. The van der Waals surface area contributed by atoms with Crippen LogP contribution >= 0.6 is 0 Å². The zero-order valence-corrected chi connectivity index (χ0v) is 27.6. The van der Waals surface area contributed by atoms with E-state index < -0.39 is 24.1 Å². The summed E-state index contributed by atoms with van der Waals surface area (Å²) < 4.78 is 5.37. The highest BCUT2D eigenvalue weighted by atomic mass is 16.5. The second kappa shape index (κ2) is 17.8. The first-order chi connectivity index (χ1) is 22.0. The Labute approximate surface area is 272 Å². The summed E-state index contributed by atoms with van der Waals surface area (Å²) in [5.74, 6) is 0.0377. The maximum atomic E-state index is 13.8. The van der Waals surface area contributed by atoms with Gasteiger partial charge in [-0.25, -0.2) is 4.79 Å². The number of Topliss-reactive ketones (excluding diaryl/α,β-unsaturated/α-hetero) is 1. The summed E-state index contributed by atoms with van der Waals surface area (Å²) in [4.78, 5) is 40.0. The lowest BCUT2D eigenvalue weighted by molar-refractivity contribution is -0.129. The monoisotopic (exact) mass is 628 g/mol. The summed E-state index contributed by atoms with van der Waals surface area (Å²) in [6, 6.07) is 21.6. The van der Waals surface area contributed by atoms with Gasteiger partial charge in [0.05, 0.1) is 6.04 Å². The normalized spacial score (nSPS) is 13.1. The third-order valence-corrected chi connectivity index (χ3v) is 7.71. The lowest BCUT2D eigenvalue weighted by atomic mass is 9.88. The number of benzene rings is 3. The van der Waals surface area contributed by atoms with Gasteiger partial charge in [0.15, 0.2) is 5.78 Å². The van der Waals surface area contributed by atoms with E-state index in [1.54, 1.807) is 24.3 Å². The first kappa shape index (κ1) is 35.9. The molecule has 4 N–H and O–H groups in total. The van der Waals surface area contributed by atoms with Crippen LogP contribution in [0.25, 0.3) is 11.1 Å². The van der Waals surface area contributed by atoms with E-state index in [1.165, 1.54) is 0 Å². The van der Waals surface area contributed by atoms with Crippen LogP contribution in [0.4, 0.5) is 4.79 Å². The van der Waals surface area contributed by atoms with E-state index in [2.05, 4.69) is 10.6 Å². The smallest absolute Gasteiger partial charge is 0.408 e. The highest BCUT2D eigenvalue weighted by molar-refractivity contribution is 5.95. The molecular formula is C38H48N2O6. The van der Waals surface area contributed by atoms with E-state index in [4.69, 9.17) is 4.74 Å². The number of phenolic OH excluding ortho intramolecular Hbond substituents is 2. The molecule has 0 saturated carbocycles. The van der Waals surface area contributed by atoms with Crippen LogP contribution in [0.2, 0.25) is 0 Å². The van der Waals surface area contributed by atoms with Gasteiger partial charge in [-0.2, -0.15) is 0 Å². The van der Waals surface area contributed by atoms with Gasteiger partial charge in [0.2, 0.25) is 5.91 Å². The molecule has 0 saturated heterocycles. The molecule has 0 aliphatic rings. The number of alkyl carbamates (subject to hydrolysis) is 1. The summed E-state index contributed by atoms with van der Waals surface area (Å²) in [6.07, 6.45) is 1.42. The zero-order chi connectivity index (χ0) is 33.6. The van der Waals surface area contributed by atoms with Crippen molar-refractivity contribution in [1.29, 1.82) is 0 Å². The minimum atomic E-state index is -0.862. The number of ketones is 1. The van der Waals surface area contributed by atoms with E-state index in [0.717, 1.165) is 27.8 Å². The quantitative estimate of drug-likeness (QED) is 0.121. The molecule has 3 aromatic carbocycles. The predicted molar refractivity (Wildman–Crippen MR) is 182 cm³/mol. The van der Waals surface area contributed by atoms with Gasteiger partial charge < -0.3 is 25.6 Å². The van der Waals surface area contributed by atoms with E-state index in [0.29, 0.717) is 25.7 Å². The molecule has 3 aromatic rings. The van der Waals surface area contributed by atoms with Crippen molar-refractivity contribution in [1.82, 2.24) is 10.6 Å². The largest absolute Gasteiger partial charge is 0.508 e. The van der Waals surface area contributed by atoms with Crippen LogP contribution in [-0.2, 0) is 20.9 Å². The van der Waals surface area contributed by atoms with Crippen molar-refractivity contribution in [3.8, 4) is 11.5 Å². The van der Waals surface area contributed by atoms with Gasteiger partial charge in [0.1, 0.15) is 24.1 Å². The zero-order valence-electron chi connectivity index (χ0n) is 27.6. The molecule has 0 heterocycles. The Hall–Kier alpha value is -4.59. The summed E-state index contributed by atoms with van der Waals surface area (Å²) >= 11 is 0. The van der Waals surface area contributed by atoms with Crippen LogP contribution in [0.15, 0.2) is 78.9 Å². The first-order valence-corrected chi connectivity index (χ1v) is 16.1. The second-order valence-corrected chi connectivity index (χ2v) is 12.4. The third kappa shape index (κ3) is 11.4. The summed E-state index contributed by atoms with van der Waals surface area (Å²) in [7, 11) is 0. The van der Waals surface area contributed by atoms with Crippen LogP contribution in [-0.4, -0.2) is 40.1 Å². The number of aromatic hydroxyl groups is 2. The van der Waals surface area contributed by atoms with Crippen LogP contribution in [0.5, 0.6) is 11.5 Å². The average Bonchev–Trinajstić information content (AvgIpc) is 3.02. The second-order valence-electron chi connectivity index (χ2n) is 12.4. The van der Waals surface area contributed by atoms with Gasteiger partial charge >= 0.3 is 6.09 Å². The van der Waals surface area contributed by atoms with Gasteiger partial charge in [-0.15, -0.1) is 0 Å². The third-order valence-electron chi connectivity index (χ3n) is 7.71. The van der Waals surface area contributed by atoms with Crippen LogP contribution in [0.1, 0.15) is 83.4 Å². The Kier molecular flexibility index (Phi) is 13.9. The van der Waals surface area contributed by atoms with E-state index in [9.17, 15) is 24.6 Å². The number of carbonyl (C=O) groups excluding carboxylic acids is 3. The molecule has 0 spiro atoms. The molecule has 8 nitrogen and oxygen atoms in total. The van der Waals surface area contributed by atoms with Crippen LogP contribution < -0.4 is 10.6 Å². The molecule has 2 atom stereocenters. The lowest BCUT2D eigenvalue weighted by Gasteiger charge is -2.25. The fraction of sp³-hybridized carbons (Fsp3) is 0.395. The molecular weight excluding hydrogens is 580 g/mol. The molecule has 0 aliphatic carbocycles. The molecule has 0 aromatic heterocycles. The van der Waals surface area contributed by atoms with Crippen LogP contribution in [0, 0.1) is 11.8 Å². The van der Waals surface area contributed by atoms with Gasteiger partial charge in [0, 0.05) is 6.42 Å². The minimum absolute atomic E-state index is 0.0813. The topological polar surface area (TPSA) is 125 Å². The van der Waals surface area contributed by atoms with Gasteiger partial charge in [-0.05, 0) is 89.6 Å². The number of hydrogen-bond acceptors (Lipinski definition) is 6. The maximum absolute atomic E-state index is 13.8. The van der Waals surface area contributed by atoms with Crippen molar-refractivity contribution in [3.63, 3.8) is 0 Å². The summed E-state index contributed by atoms with van der Waals surface area (Å²) in [6.45, 7) is 10.0. The Morgan fingerprint density at radius 2 is 1.20 bits per heavy atom. The Balaban J connectivity index is 1.79. The SMILES string of the molecule is CC/C(=C(/CCC(=O)[C@H](CC(C)C)NC(=O)[C@H](CC(C)C)NC(=O)OCc1ccccc1)c1ccc(O)cc1)c1ccc(O)cc1. The number of phenols is 2. The number of nitrogens with one attached hydrogen (secondary N) is 2. The first-order valence-electron chi connectivity index (χ1n) is 16.1. The molecule has 2 amide bonds. The number of ether oxygens (including phenoxy) is 1. The summed E-state index contributed by atoms with van der Waals surface area (Å²) in [5.41, 5.74) is 4.64. The fourth-order valence-corrected chi connectivity index (χ4v) is 5.43. The average molecular weight is 629 g/mol. The molecule has 8 heteroatoms. The number of amides is 2. The lowest BCUT2D eigenvalue weighted by Crippen LogP contribution is -2.52. The standard InChI is InChI=1S/C38H48N2O6/c1-6-32(28-12-16-30(41)17-13-28)33(29-14-18-31(42)19-15-29)20-21-36(43)34(22-25(2)3)39-37(44)35(23-26(4)5)40-38(45)46-24-27-10-8-7-9-11-27/h7-19,25-26,34-35,41-42H,6,20-24H2,1-5H3,(H,39,44)(H,40,45)/b33-32+/t34-,35-/m0/s1. The van der Waals surface area contributed by atoms with Crippen molar-refractivity contribution in [2.24, 2.45) is 11.8 Å². The van der Waals surface area contributed by atoms with Gasteiger partial charge in [-0.3, -0.25) is 9.59 Å². The predicted octanol–water partition coefficient (Wildman–Crippen LogP) is 7.64. The number of rotatable bonds is 16. The van der Waals surface area contributed by atoms with Crippen LogP contribution in [0.3, 0.4) is 0 Å². The maximum Gasteiger partial charge on any atom is 0.408 e. The number of allylic oxidation sites excluding steroid dienone is 2. The Morgan fingerprint density at radius 3 is 1.72 bits per heavy atom. The van der Waals surface area contributed by atoms with E-state index in [1.807, 2.05) is 89.2 Å². The molecule has 0 bridgehead atoms.